The molecule has 0 N–H and O–H groups in total. The Labute approximate surface area is 135 Å². The maximum Gasteiger partial charge on any atom is 0.274 e. The molecule has 0 unspecified atom stereocenters. The zero-order chi connectivity index (χ0) is 16.6. The fourth-order valence-electron chi connectivity index (χ4n) is 2.21. The first kappa shape index (κ1) is 15.4. The summed E-state index contributed by atoms with van der Waals surface area (Å²) in [5.41, 5.74) is 1.25. The standard InChI is InChI=1S/C17H11ClF2N2O/c1-10-6-16(11-2-4-12(18)5-3-11)21-22(17(10)23)15-8-13(19)7-14(20)9-15/h2-9H,1H3. The normalized spacial score (nSPS) is 10.8. The number of aromatic nitrogens is 2. The molecule has 3 aromatic rings. The van der Waals surface area contributed by atoms with Crippen LogP contribution in [0.25, 0.3) is 16.9 Å². The van der Waals surface area contributed by atoms with Crippen molar-refractivity contribution in [3.63, 3.8) is 0 Å². The van der Waals surface area contributed by atoms with Crippen LogP contribution in [0, 0.1) is 18.6 Å². The molecule has 0 fully saturated rings. The van der Waals surface area contributed by atoms with Gasteiger partial charge in [-0.3, -0.25) is 4.79 Å². The first-order chi connectivity index (χ1) is 10.9. The Morgan fingerprint density at radius 1 is 1.00 bits per heavy atom. The molecule has 3 nitrogen and oxygen atoms in total. The van der Waals surface area contributed by atoms with Crippen LogP contribution in [0.3, 0.4) is 0 Å². The van der Waals surface area contributed by atoms with Gasteiger partial charge in [0, 0.05) is 22.2 Å². The number of nitrogens with zero attached hydrogens (tertiary/aromatic N) is 2. The van der Waals surface area contributed by atoms with Gasteiger partial charge in [0.15, 0.2) is 0 Å². The van der Waals surface area contributed by atoms with E-state index in [0.717, 1.165) is 28.4 Å². The highest BCUT2D eigenvalue weighted by molar-refractivity contribution is 6.30. The van der Waals surface area contributed by atoms with E-state index in [1.165, 1.54) is 0 Å². The van der Waals surface area contributed by atoms with Gasteiger partial charge >= 0.3 is 0 Å². The van der Waals surface area contributed by atoms with Crippen molar-refractivity contribution in [2.24, 2.45) is 0 Å². The average Bonchev–Trinajstić information content (AvgIpc) is 2.49. The van der Waals surface area contributed by atoms with Gasteiger partial charge in [0.25, 0.3) is 5.56 Å². The van der Waals surface area contributed by atoms with E-state index < -0.39 is 17.2 Å². The highest BCUT2D eigenvalue weighted by Crippen LogP contribution is 2.20. The van der Waals surface area contributed by atoms with Crippen molar-refractivity contribution in [3.8, 4) is 16.9 Å². The summed E-state index contributed by atoms with van der Waals surface area (Å²) in [4.78, 5) is 12.3. The Hall–Kier alpha value is -2.53. The third-order valence-corrected chi connectivity index (χ3v) is 3.57. The van der Waals surface area contributed by atoms with E-state index in [0.29, 0.717) is 16.3 Å². The Kier molecular flexibility index (Phi) is 3.96. The molecule has 0 amide bonds. The second-order valence-corrected chi connectivity index (χ2v) is 5.50. The molecule has 0 bridgehead atoms. The molecule has 0 aliphatic rings. The summed E-state index contributed by atoms with van der Waals surface area (Å²) in [6.07, 6.45) is 0. The minimum Gasteiger partial charge on any atom is -0.267 e. The van der Waals surface area contributed by atoms with Gasteiger partial charge in [0.2, 0.25) is 0 Å². The molecule has 0 aliphatic heterocycles. The summed E-state index contributed by atoms with van der Waals surface area (Å²) in [6, 6.07) is 11.4. The van der Waals surface area contributed by atoms with Crippen LogP contribution in [0.1, 0.15) is 5.56 Å². The summed E-state index contributed by atoms with van der Waals surface area (Å²) < 4.78 is 27.8. The number of benzene rings is 2. The lowest BCUT2D eigenvalue weighted by Gasteiger charge is -2.09. The molecule has 23 heavy (non-hydrogen) atoms. The number of hydrogen-bond acceptors (Lipinski definition) is 2. The summed E-state index contributed by atoms with van der Waals surface area (Å²) >= 11 is 5.86. The van der Waals surface area contributed by atoms with Crippen LogP contribution in [0.5, 0.6) is 0 Å². The molecule has 3 rings (SSSR count). The van der Waals surface area contributed by atoms with E-state index >= 15 is 0 Å². The molecular weight excluding hydrogens is 322 g/mol. The van der Waals surface area contributed by atoms with Gasteiger partial charge in [-0.05, 0) is 37.3 Å². The van der Waals surface area contributed by atoms with Crippen molar-refractivity contribution in [2.75, 3.05) is 0 Å². The topological polar surface area (TPSA) is 34.9 Å². The average molecular weight is 333 g/mol. The van der Waals surface area contributed by atoms with Crippen molar-refractivity contribution in [3.05, 3.63) is 81.1 Å². The lowest BCUT2D eigenvalue weighted by atomic mass is 10.1. The second-order valence-electron chi connectivity index (χ2n) is 5.06. The molecule has 2 aromatic carbocycles. The summed E-state index contributed by atoms with van der Waals surface area (Å²) in [5, 5.41) is 4.79. The summed E-state index contributed by atoms with van der Waals surface area (Å²) in [7, 11) is 0. The van der Waals surface area contributed by atoms with Crippen LogP contribution in [-0.2, 0) is 0 Å². The predicted molar refractivity (Wildman–Crippen MR) is 84.9 cm³/mol. The second kappa shape index (κ2) is 5.93. The van der Waals surface area contributed by atoms with Crippen LogP contribution >= 0.6 is 11.6 Å². The summed E-state index contributed by atoms with van der Waals surface area (Å²) in [5.74, 6) is -1.55. The maximum absolute atomic E-state index is 13.4. The van der Waals surface area contributed by atoms with E-state index in [4.69, 9.17) is 11.6 Å². The Bertz CT molecular complexity index is 916. The van der Waals surface area contributed by atoms with Crippen LogP contribution in [-0.4, -0.2) is 9.78 Å². The van der Waals surface area contributed by atoms with Crippen LogP contribution in [0.2, 0.25) is 5.02 Å². The van der Waals surface area contributed by atoms with Gasteiger partial charge in [-0.1, -0.05) is 23.7 Å². The molecular formula is C17H11ClF2N2O. The lowest BCUT2D eigenvalue weighted by molar-refractivity contribution is 0.579. The van der Waals surface area contributed by atoms with E-state index in [1.807, 2.05) is 0 Å². The van der Waals surface area contributed by atoms with Crippen LogP contribution < -0.4 is 5.56 Å². The SMILES string of the molecule is Cc1cc(-c2ccc(Cl)cc2)nn(-c2cc(F)cc(F)c2)c1=O. The molecule has 0 atom stereocenters. The third kappa shape index (κ3) is 3.14. The van der Waals surface area contributed by atoms with E-state index in [1.54, 1.807) is 37.3 Å². The van der Waals surface area contributed by atoms with Gasteiger partial charge in [-0.25, -0.2) is 8.78 Å². The molecule has 0 aliphatic carbocycles. The fraction of sp³-hybridized carbons (Fsp3) is 0.0588. The van der Waals surface area contributed by atoms with Crippen molar-refractivity contribution in [1.29, 1.82) is 0 Å². The van der Waals surface area contributed by atoms with Crippen LogP contribution in [0.15, 0.2) is 53.3 Å². The first-order valence-corrected chi connectivity index (χ1v) is 7.15. The number of aryl methyl sites for hydroxylation is 1. The van der Waals surface area contributed by atoms with Gasteiger partial charge in [-0.2, -0.15) is 9.78 Å². The monoisotopic (exact) mass is 332 g/mol. The third-order valence-electron chi connectivity index (χ3n) is 3.32. The van der Waals surface area contributed by atoms with Crippen molar-refractivity contribution in [1.82, 2.24) is 9.78 Å². The zero-order valence-electron chi connectivity index (χ0n) is 12.1. The van der Waals surface area contributed by atoms with E-state index in [-0.39, 0.29) is 5.69 Å². The minimum absolute atomic E-state index is 0.0337. The maximum atomic E-state index is 13.4. The number of rotatable bonds is 2. The molecule has 116 valence electrons. The highest BCUT2D eigenvalue weighted by Gasteiger charge is 2.11. The molecule has 0 radical (unpaired) electrons. The zero-order valence-corrected chi connectivity index (χ0v) is 12.8. The number of hydrogen-bond donors (Lipinski definition) is 0. The Morgan fingerprint density at radius 3 is 2.22 bits per heavy atom. The van der Waals surface area contributed by atoms with E-state index in [9.17, 15) is 13.6 Å². The molecule has 0 saturated carbocycles. The largest absolute Gasteiger partial charge is 0.274 e. The predicted octanol–water partition coefficient (Wildman–Crippen LogP) is 4.14. The van der Waals surface area contributed by atoms with Gasteiger partial charge < -0.3 is 0 Å². The van der Waals surface area contributed by atoms with Crippen molar-refractivity contribution >= 4 is 11.6 Å². The molecule has 0 saturated heterocycles. The van der Waals surface area contributed by atoms with Gasteiger partial charge in [0.1, 0.15) is 11.6 Å². The van der Waals surface area contributed by atoms with E-state index in [2.05, 4.69) is 5.10 Å². The number of halogens is 3. The summed E-state index contributed by atoms with van der Waals surface area (Å²) in [6.45, 7) is 1.62. The Balaban J connectivity index is 2.21. The van der Waals surface area contributed by atoms with Crippen molar-refractivity contribution in [2.45, 2.75) is 6.92 Å². The van der Waals surface area contributed by atoms with Gasteiger partial charge in [-0.15, -0.1) is 0 Å². The Morgan fingerprint density at radius 2 is 1.61 bits per heavy atom. The highest BCUT2D eigenvalue weighted by atomic mass is 35.5. The van der Waals surface area contributed by atoms with Crippen molar-refractivity contribution < 1.29 is 8.78 Å². The molecule has 6 heteroatoms. The van der Waals surface area contributed by atoms with Gasteiger partial charge in [0.05, 0.1) is 11.4 Å². The smallest absolute Gasteiger partial charge is 0.267 e. The molecule has 1 heterocycles. The quantitative estimate of drug-likeness (QED) is 0.707. The molecule has 0 spiro atoms. The first-order valence-electron chi connectivity index (χ1n) is 6.77. The minimum atomic E-state index is -0.775. The molecule has 1 aromatic heterocycles. The fourth-order valence-corrected chi connectivity index (χ4v) is 2.34. The van der Waals surface area contributed by atoms with Crippen LogP contribution in [0.4, 0.5) is 8.78 Å². The lowest BCUT2D eigenvalue weighted by Crippen LogP contribution is -2.24.